The molecular weight excluding hydrogens is 392 g/mol. The molecule has 0 unspecified atom stereocenters. The highest BCUT2D eigenvalue weighted by molar-refractivity contribution is 6.03. The standard InChI is InChI=1S/C29H30N2O/c1-20-12-13-21(2)25(18-20)26-19-27-24-10-6-7-11-28(24)32-29(31(27)30-26)16-14-23(15-17-29)22-8-4-3-5-9-22/h3-13,18,23,27H,14-17,19H2,1-2H3/t23?,27-,29?/m0/s1. The number of hydrazone groups is 1. The molecular formula is C29H30N2O. The second-order valence-corrected chi connectivity index (χ2v) is 9.70. The van der Waals surface area contributed by atoms with Crippen molar-refractivity contribution in [2.75, 3.05) is 0 Å². The summed E-state index contributed by atoms with van der Waals surface area (Å²) in [5, 5.41) is 7.62. The van der Waals surface area contributed by atoms with Gasteiger partial charge in [-0.25, -0.2) is 5.01 Å². The summed E-state index contributed by atoms with van der Waals surface area (Å²) in [6, 6.07) is 26.5. The predicted molar refractivity (Wildman–Crippen MR) is 129 cm³/mol. The fourth-order valence-electron chi connectivity index (χ4n) is 5.90. The lowest BCUT2D eigenvalue weighted by Crippen LogP contribution is -2.55. The van der Waals surface area contributed by atoms with Crippen LogP contribution >= 0.6 is 0 Å². The van der Waals surface area contributed by atoms with Crippen LogP contribution in [0, 0.1) is 13.8 Å². The minimum atomic E-state index is -0.343. The Morgan fingerprint density at radius 2 is 1.66 bits per heavy atom. The molecule has 32 heavy (non-hydrogen) atoms. The highest BCUT2D eigenvalue weighted by Crippen LogP contribution is 2.53. The molecule has 0 bridgehead atoms. The van der Waals surface area contributed by atoms with Gasteiger partial charge in [0, 0.05) is 30.4 Å². The van der Waals surface area contributed by atoms with E-state index in [0.29, 0.717) is 5.92 Å². The zero-order valence-corrected chi connectivity index (χ0v) is 18.9. The molecule has 3 aliphatic rings. The van der Waals surface area contributed by atoms with Crippen LogP contribution in [-0.4, -0.2) is 16.4 Å². The monoisotopic (exact) mass is 422 g/mol. The fraction of sp³-hybridized carbons (Fsp3) is 0.345. The van der Waals surface area contributed by atoms with Crippen LogP contribution in [0.1, 0.15) is 71.9 Å². The van der Waals surface area contributed by atoms with E-state index in [4.69, 9.17) is 9.84 Å². The van der Waals surface area contributed by atoms with Crippen LogP contribution in [-0.2, 0) is 0 Å². The van der Waals surface area contributed by atoms with Crippen molar-refractivity contribution in [3.8, 4) is 5.75 Å². The van der Waals surface area contributed by atoms with E-state index >= 15 is 0 Å². The Morgan fingerprint density at radius 1 is 0.906 bits per heavy atom. The van der Waals surface area contributed by atoms with Gasteiger partial charge < -0.3 is 4.74 Å². The Labute approximate surface area is 190 Å². The zero-order chi connectivity index (χ0) is 21.7. The van der Waals surface area contributed by atoms with Crippen LogP contribution in [0.25, 0.3) is 0 Å². The van der Waals surface area contributed by atoms with Gasteiger partial charge in [0.2, 0.25) is 0 Å². The first-order valence-electron chi connectivity index (χ1n) is 11.9. The lowest BCUT2D eigenvalue weighted by Gasteiger charge is -2.50. The maximum Gasteiger partial charge on any atom is 0.198 e. The van der Waals surface area contributed by atoms with Crippen LogP contribution < -0.4 is 4.74 Å². The lowest BCUT2D eigenvalue weighted by molar-refractivity contribution is -0.142. The Kier molecular flexibility index (Phi) is 4.60. The second-order valence-electron chi connectivity index (χ2n) is 9.70. The molecule has 3 nitrogen and oxygen atoms in total. The average Bonchev–Trinajstić information content (AvgIpc) is 3.29. The molecule has 1 saturated carbocycles. The van der Waals surface area contributed by atoms with Gasteiger partial charge in [0.25, 0.3) is 0 Å². The van der Waals surface area contributed by atoms with E-state index in [1.807, 2.05) is 0 Å². The van der Waals surface area contributed by atoms with Gasteiger partial charge in [-0.05, 0) is 55.9 Å². The summed E-state index contributed by atoms with van der Waals surface area (Å²) >= 11 is 0. The molecule has 0 radical (unpaired) electrons. The smallest absolute Gasteiger partial charge is 0.198 e. The van der Waals surface area contributed by atoms with Gasteiger partial charge in [-0.1, -0.05) is 66.2 Å². The minimum absolute atomic E-state index is 0.253. The van der Waals surface area contributed by atoms with Crippen molar-refractivity contribution in [1.29, 1.82) is 0 Å². The van der Waals surface area contributed by atoms with Gasteiger partial charge in [0.05, 0.1) is 11.8 Å². The molecule has 0 amide bonds. The number of benzene rings is 3. The first-order valence-corrected chi connectivity index (χ1v) is 11.9. The number of para-hydroxylation sites is 1. The maximum absolute atomic E-state index is 6.82. The highest BCUT2D eigenvalue weighted by Gasteiger charge is 2.52. The number of fused-ring (bicyclic) bond motifs is 4. The van der Waals surface area contributed by atoms with Crippen molar-refractivity contribution < 1.29 is 4.74 Å². The number of ether oxygens (including phenoxy) is 1. The Bertz CT molecular complexity index is 1170. The molecule has 1 fully saturated rings. The van der Waals surface area contributed by atoms with E-state index in [1.165, 1.54) is 33.5 Å². The van der Waals surface area contributed by atoms with Crippen molar-refractivity contribution in [2.45, 2.75) is 63.6 Å². The molecule has 2 heterocycles. The summed E-state index contributed by atoms with van der Waals surface area (Å²) in [6.07, 6.45) is 5.20. The molecule has 6 rings (SSSR count). The van der Waals surface area contributed by atoms with Gasteiger partial charge in [0.1, 0.15) is 5.75 Å². The number of aryl methyl sites for hydroxylation is 2. The highest BCUT2D eigenvalue weighted by atomic mass is 16.5. The van der Waals surface area contributed by atoms with Crippen LogP contribution in [0.4, 0.5) is 0 Å². The molecule has 0 aromatic heterocycles. The molecule has 1 atom stereocenters. The lowest BCUT2D eigenvalue weighted by atomic mass is 9.78. The molecule has 1 spiro atoms. The minimum Gasteiger partial charge on any atom is -0.466 e. The van der Waals surface area contributed by atoms with Gasteiger partial charge in [-0.15, -0.1) is 0 Å². The number of rotatable bonds is 2. The molecule has 3 aromatic carbocycles. The molecule has 0 N–H and O–H groups in total. The quantitative estimate of drug-likeness (QED) is 0.449. The SMILES string of the molecule is Cc1ccc(C)c(C2=NN3[C@@H](C2)c2ccccc2OC32CCC(c3ccccc3)CC2)c1. The van der Waals surface area contributed by atoms with Crippen LogP contribution in [0.15, 0.2) is 77.9 Å². The van der Waals surface area contributed by atoms with E-state index in [0.717, 1.165) is 37.9 Å². The molecule has 162 valence electrons. The van der Waals surface area contributed by atoms with E-state index in [1.54, 1.807) is 0 Å². The van der Waals surface area contributed by atoms with Crippen molar-refractivity contribution in [3.63, 3.8) is 0 Å². The summed E-state index contributed by atoms with van der Waals surface area (Å²) in [4.78, 5) is 0. The van der Waals surface area contributed by atoms with Crippen LogP contribution in [0.2, 0.25) is 0 Å². The van der Waals surface area contributed by atoms with Crippen LogP contribution in [0.5, 0.6) is 5.75 Å². The van der Waals surface area contributed by atoms with Gasteiger partial charge in [-0.2, -0.15) is 5.10 Å². The Balaban J connectivity index is 1.37. The van der Waals surface area contributed by atoms with E-state index in [-0.39, 0.29) is 11.8 Å². The third-order valence-electron chi connectivity index (χ3n) is 7.65. The molecule has 0 saturated heterocycles. The molecule has 3 heteroatoms. The second kappa shape index (κ2) is 7.51. The molecule has 1 aliphatic carbocycles. The predicted octanol–water partition coefficient (Wildman–Crippen LogP) is 6.90. The van der Waals surface area contributed by atoms with Crippen molar-refractivity contribution in [2.24, 2.45) is 5.10 Å². The normalized spacial score (nSPS) is 26.3. The van der Waals surface area contributed by atoms with Gasteiger partial charge in [-0.3, -0.25) is 0 Å². The van der Waals surface area contributed by atoms with Gasteiger partial charge >= 0.3 is 0 Å². The fourth-order valence-corrected chi connectivity index (χ4v) is 5.90. The number of hydrogen-bond acceptors (Lipinski definition) is 3. The average molecular weight is 423 g/mol. The Morgan fingerprint density at radius 3 is 2.47 bits per heavy atom. The summed E-state index contributed by atoms with van der Waals surface area (Å²) < 4.78 is 6.82. The van der Waals surface area contributed by atoms with Crippen molar-refractivity contribution in [1.82, 2.24) is 5.01 Å². The summed E-state index contributed by atoms with van der Waals surface area (Å²) in [5.41, 5.74) is 7.44. The van der Waals surface area contributed by atoms with Crippen molar-refractivity contribution >= 4 is 5.71 Å². The zero-order valence-electron chi connectivity index (χ0n) is 18.9. The maximum atomic E-state index is 6.82. The van der Waals surface area contributed by atoms with E-state index in [2.05, 4.69) is 91.7 Å². The third kappa shape index (κ3) is 3.14. The van der Waals surface area contributed by atoms with Gasteiger partial charge in [0.15, 0.2) is 5.72 Å². The van der Waals surface area contributed by atoms with E-state index in [9.17, 15) is 0 Å². The number of hydrogen-bond donors (Lipinski definition) is 0. The topological polar surface area (TPSA) is 24.8 Å². The number of nitrogens with zero attached hydrogens (tertiary/aromatic N) is 2. The van der Waals surface area contributed by atoms with Crippen molar-refractivity contribution in [3.05, 3.63) is 101 Å². The van der Waals surface area contributed by atoms with Crippen LogP contribution in [0.3, 0.4) is 0 Å². The summed E-state index contributed by atoms with van der Waals surface area (Å²) in [7, 11) is 0. The van der Waals surface area contributed by atoms with E-state index < -0.39 is 0 Å². The first-order chi connectivity index (χ1) is 15.6. The molecule has 3 aromatic rings. The third-order valence-corrected chi connectivity index (χ3v) is 7.65. The summed E-state index contributed by atoms with van der Waals surface area (Å²) in [5.74, 6) is 1.65. The largest absolute Gasteiger partial charge is 0.466 e. The Hall–Kier alpha value is -3.07. The molecule has 2 aliphatic heterocycles. The first kappa shape index (κ1) is 19.6. The summed E-state index contributed by atoms with van der Waals surface area (Å²) in [6.45, 7) is 4.36.